The summed E-state index contributed by atoms with van der Waals surface area (Å²) >= 11 is 2.27. The summed E-state index contributed by atoms with van der Waals surface area (Å²) in [5.41, 5.74) is 7.19. The molecule has 4 atom stereocenters. The molecule has 3 rings (SSSR count). The van der Waals surface area contributed by atoms with E-state index in [1.807, 2.05) is 0 Å². The van der Waals surface area contributed by atoms with Crippen LogP contribution in [0.25, 0.3) is 10.4 Å². The Hall–Kier alpha value is -3.00. The largest absolute Gasteiger partial charge is 0.463 e. The van der Waals surface area contributed by atoms with Gasteiger partial charge in [0.15, 0.2) is 16.3 Å². The number of non-ortho nitro benzene ring substituents is 1. The summed E-state index contributed by atoms with van der Waals surface area (Å²) in [5.74, 6) is -2.43. The van der Waals surface area contributed by atoms with Gasteiger partial charge in [-0.1, -0.05) is 5.11 Å². The summed E-state index contributed by atoms with van der Waals surface area (Å²) in [5, 5.41) is 25.6. The topological polar surface area (TPSA) is 185 Å². The lowest BCUT2D eigenvalue weighted by atomic mass is 9.90. The Balaban J connectivity index is 1.87. The standard InChI is InChI=1S/C18H19N5O8S2/c1-10(24)31-8-17(27)9-33-18(32-2)13(20-21-19)15(25)22(18)14(17)16(26)30-7-11-3-5-12(6-4-11)23(28)29/h3-6,13-14,27H,7-9H2,1-2H3/t13?,14?,17?,18-/m1/s1. The first-order valence-electron chi connectivity index (χ1n) is 9.42. The minimum absolute atomic E-state index is 0.111. The highest BCUT2D eigenvalue weighted by atomic mass is 32.2. The van der Waals surface area contributed by atoms with E-state index in [1.54, 1.807) is 6.26 Å². The Kier molecular flexibility index (Phi) is 7.07. The van der Waals surface area contributed by atoms with Crippen LogP contribution in [0.5, 0.6) is 0 Å². The highest BCUT2D eigenvalue weighted by Gasteiger charge is 2.71. The molecule has 2 fully saturated rings. The molecule has 2 saturated heterocycles. The van der Waals surface area contributed by atoms with Crippen LogP contribution in [0.2, 0.25) is 0 Å². The number of nitrogens with zero attached hydrogens (tertiary/aromatic N) is 5. The maximum atomic E-state index is 13.1. The summed E-state index contributed by atoms with van der Waals surface area (Å²) in [6.07, 6.45) is 1.67. The van der Waals surface area contributed by atoms with Crippen molar-refractivity contribution in [2.45, 2.75) is 35.4 Å². The fourth-order valence-corrected chi connectivity index (χ4v) is 6.32. The smallest absolute Gasteiger partial charge is 0.332 e. The van der Waals surface area contributed by atoms with Crippen molar-refractivity contribution in [2.24, 2.45) is 5.11 Å². The number of azide groups is 1. The normalized spacial score (nSPS) is 28.1. The van der Waals surface area contributed by atoms with Gasteiger partial charge in [-0.25, -0.2) is 4.79 Å². The minimum atomic E-state index is -1.96. The molecule has 2 aliphatic heterocycles. The van der Waals surface area contributed by atoms with Gasteiger partial charge in [0, 0.05) is 29.7 Å². The van der Waals surface area contributed by atoms with Gasteiger partial charge in [-0.15, -0.1) is 23.5 Å². The van der Waals surface area contributed by atoms with Crippen LogP contribution in [-0.2, 0) is 30.5 Å². The van der Waals surface area contributed by atoms with Gasteiger partial charge in [-0.3, -0.25) is 19.7 Å². The van der Waals surface area contributed by atoms with Crippen LogP contribution in [0.4, 0.5) is 5.69 Å². The third kappa shape index (κ3) is 4.44. The molecular formula is C18H19N5O8S2. The summed E-state index contributed by atoms with van der Waals surface area (Å²) in [4.78, 5) is 51.3. The zero-order valence-corrected chi connectivity index (χ0v) is 19.1. The number of nitro groups is 1. The Morgan fingerprint density at radius 2 is 2.09 bits per heavy atom. The number of rotatable bonds is 8. The molecule has 3 unspecified atom stereocenters. The molecular weight excluding hydrogens is 478 g/mol. The van der Waals surface area contributed by atoms with Gasteiger partial charge in [-0.05, 0) is 29.5 Å². The second kappa shape index (κ2) is 9.47. The molecule has 15 heteroatoms. The average molecular weight is 498 g/mol. The molecule has 0 radical (unpaired) electrons. The Morgan fingerprint density at radius 1 is 1.42 bits per heavy atom. The van der Waals surface area contributed by atoms with Crippen molar-refractivity contribution in [3.05, 3.63) is 50.4 Å². The van der Waals surface area contributed by atoms with Crippen LogP contribution in [0.3, 0.4) is 0 Å². The van der Waals surface area contributed by atoms with Gasteiger partial charge < -0.3 is 19.5 Å². The highest BCUT2D eigenvalue weighted by molar-refractivity contribution is 8.18. The van der Waals surface area contributed by atoms with E-state index >= 15 is 0 Å². The van der Waals surface area contributed by atoms with Crippen molar-refractivity contribution in [2.75, 3.05) is 18.6 Å². The van der Waals surface area contributed by atoms with Crippen LogP contribution in [0.1, 0.15) is 12.5 Å². The molecule has 0 spiro atoms. The molecule has 0 aliphatic carbocycles. The number of carbonyl (C=O) groups is 3. The number of ether oxygens (including phenoxy) is 2. The fourth-order valence-electron chi connectivity index (χ4n) is 3.57. The van der Waals surface area contributed by atoms with Gasteiger partial charge >= 0.3 is 11.9 Å². The molecule has 176 valence electrons. The van der Waals surface area contributed by atoms with Crippen molar-refractivity contribution < 1.29 is 33.9 Å². The first-order chi connectivity index (χ1) is 15.6. The SMILES string of the molecule is CS[C@]12SCC(O)(COC(C)=O)C(C(=O)OCc3ccc([N+](=O)[O-])cc3)N1C(=O)C2N=[N+]=[N-]. The second-order valence-corrected chi connectivity index (χ2v) is 9.75. The first kappa shape index (κ1) is 24.6. The second-order valence-electron chi connectivity index (χ2n) is 7.26. The van der Waals surface area contributed by atoms with E-state index in [9.17, 15) is 29.6 Å². The molecule has 1 aromatic rings. The molecule has 2 aliphatic rings. The monoisotopic (exact) mass is 497 g/mol. The van der Waals surface area contributed by atoms with Gasteiger partial charge in [-0.2, -0.15) is 0 Å². The Morgan fingerprint density at radius 3 is 2.64 bits per heavy atom. The van der Waals surface area contributed by atoms with E-state index in [-0.39, 0.29) is 18.0 Å². The minimum Gasteiger partial charge on any atom is -0.463 e. The Bertz CT molecular complexity index is 1030. The van der Waals surface area contributed by atoms with Crippen LogP contribution < -0.4 is 0 Å². The predicted octanol–water partition coefficient (Wildman–Crippen LogP) is 1.59. The zero-order valence-electron chi connectivity index (χ0n) is 17.4. The van der Waals surface area contributed by atoms with E-state index < -0.39 is 51.3 Å². The van der Waals surface area contributed by atoms with Crippen molar-refractivity contribution >= 4 is 47.1 Å². The summed E-state index contributed by atoms with van der Waals surface area (Å²) in [6, 6.07) is 2.68. The molecule has 0 bridgehead atoms. The molecule has 0 saturated carbocycles. The molecule has 1 aromatic carbocycles. The molecule has 1 N–H and O–H groups in total. The lowest BCUT2D eigenvalue weighted by Crippen LogP contribution is -2.81. The Labute approximate surface area is 195 Å². The summed E-state index contributed by atoms with van der Waals surface area (Å²) < 4.78 is 9.14. The number of amides is 1. The number of fused-ring (bicyclic) bond motifs is 1. The number of thioether (sulfide) groups is 2. The zero-order chi connectivity index (χ0) is 24.4. The van der Waals surface area contributed by atoms with Crippen molar-refractivity contribution in [1.82, 2.24) is 4.90 Å². The van der Waals surface area contributed by atoms with E-state index in [0.717, 1.165) is 23.6 Å². The molecule has 0 aromatic heterocycles. The van der Waals surface area contributed by atoms with Crippen molar-refractivity contribution in [1.29, 1.82) is 0 Å². The van der Waals surface area contributed by atoms with Crippen LogP contribution in [0.15, 0.2) is 29.4 Å². The third-order valence-electron chi connectivity index (χ3n) is 5.19. The van der Waals surface area contributed by atoms with Crippen LogP contribution in [0, 0.1) is 10.1 Å². The summed E-state index contributed by atoms with van der Waals surface area (Å²) in [6.45, 7) is 0.297. The maximum Gasteiger partial charge on any atom is 0.332 e. The number of β-lactam (4-membered cyclic amide) rings is 1. The van der Waals surface area contributed by atoms with Crippen LogP contribution >= 0.6 is 23.5 Å². The number of esters is 2. The van der Waals surface area contributed by atoms with E-state index in [2.05, 4.69) is 10.0 Å². The number of benzene rings is 1. The number of nitro benzene ring substituents is 1. The fraction of sp³-hybridized carbons (Fsp3) is 0.500. The first-order valence-corrected chi connectivity index (χ1v) is 11.6. The molecule has 13 nitrogen and oxygen atoms in total. The molecule has 2 heterocycles. The lowest BCUT2D eigenvalue weighted by molar-refractivity contribution is -0.384. The van der Waals surface area contributed by atoms with E-state index in [4.69, 9.17) is 15.0 Å². The number of carbonyl (C=O) groups excluding carboxylic acids is 3. The third-order valence-corrected chi connectivity index (χ3v) is 8.52. The van der Waals surface area contributed by atoms with Crippen molar-refractivity contribution in [3.63, 3.8) is 0 Å². The number of hydrogen-bond acceptors (Lipinski definition) is 11. The van der Waals surface area contributed by atoms with E-state index in [1.165, 1.54) is 36.0 Å². The van der Waals surface area contributed by atoms with Gasteiger partial charge in [0.1, 0.15) is 18.8 Å². The molecule has 33 heavy (non-hydrogen) atoms. The number of hydrogen-bond donors (Lipinski definition) is 1. The number of aliphatic hydroxyl groups is 1. The van der Waals surface area contributed by atoms with Gasteiger partial charge in [0.05, 0.1) is 4.92 Å². The maximum absolute atomic E-state index is 13.1. The molecule has 1 amide bonds. The van der Waals surface area contributed by atoms with Gasteiger partial charge in [0.25, 0.3) is 5.69 Å². The quantitative estimate of drug-likeness (QED) is 0.105. The van der Waals surface area contributed by atoms with Gasteiger partial charge in [0.2, 0.25) is 5.91 Å². The van der Waals surface area contributed by atoms with Crippen molar-refractivity contribution in [3.8, 4) is 0 Å². The highest BCUT2D eigenvalue weighted by Crippen LogP contribution is 2.57. The van der Waals surface area contributed by atoms with E-state index in [0.29, 0.717) is 5.56 Å². The lowest BCUT2D eigenvalue weighted by Gasteiger charge is -2.62. The summed E-state index contributed by atoms with van der Waals surface area (Å²) in [7, 11) is 0. The predicted molar refractivity (Wildman–Crippen MR) is 117 cm³/mol. The average Bonchev–Trinajstić information content (AvgIpc) is 2.79. The van der Waals surface area contributed by atoms with Crippen LogP contribution in [-0.4, -0.2) is 73.3 Å².